The zero-order valence-electron chi connectivity index (χ0n) is 10.4. The van der Waals surface area contributed by atoms with Crippen LogP contribution in [-0.4, -0.2) is 30.6 Å². The quantitative estimate of drug-likeness (QED) is 0.768. The van der Waals surface area contributed by atoms with Crippen LogP contribution in [0.15, 0.2) is 0 Å². The topological polar surface area (TPSA) is 32.3 Å². The molecule has 2 aliphatic rings. The Morgan fingerprint density at radius 3 is 2.44 bits per heavy atom. The molecule has 3 heteroatoms. The van der Waals surface area contributed by atoms with Gasteiger partial charge in [0.2, 0.25) is 0 Å². The Bertz CT molecular complexity index is 228. The van der Waals surface area contributed by atoms with E-state index in [2.05, 4.69) is 12.2 Å². The molecule has 2 amide bonds. The van der Waals surface area contributed by atoms with Crippen LogP contribution in [0.5, 0.6) is 0 Å². The highest BCUT2D eigenvalue weighted by molar-refractivity contribution is 5.74. The Labute approximate surface area is 98.6 Å². The first-order chi connectivity index (χ1) is 7.75. The second-order valence-electron chi connectivity index (χ2n) is 5.51. The van der Waals surface area contributed by atoms with Gasteiger partial charge < -0.3 is 10.2 Å². The van der Waals surface area contributed by atoms with Gasteiger partial charge in [-0.1, -0.05) is 19.8 Å². The number of hydrogen-bond donors (Lipinski definition) is 1. The lowest BCUT2D eigenvalue weighted by Crippen LogP contribution is -2.45. The average Bonchev–Trinajstić information content (AvgIpc) is 2.80. The first-order valence-corrected chi connectivity index (χ1v) is 6.78. The largest absolute Gasteiger partial charge is 0.338 e. The highest BCUT2D eigenvalue weighted by atomic mass is 16.2. The molecule has 1 N–H and O–H groups in total. The molecule has 1 aliphatic heterocycles. The summed E-state index contributed by atoms with van der Waals surface area (Å²) in [7, 11) is 0. The summed E-state index contributed by atoms with van der Waals surface area (Å²) in [5, 5.41) is 3.10. The molecule has 0 atom stereocenters. The third-order valence-electron chi connectivity index (χ3n) is 4.09. The molecule has 0 bridgehead atoms. The number of carbonyl (C=O) groups is 1. The van der Waals surface area contributed by atoms with Crippen molar-refractivity contribution in [2.45, 2.75) is 45.4 Å². The standard InChI is InChI=1S/C13H24N2O/c1-11-6-8-15(9-7-11)13(16)14-10-12-4-2-3-5-12/h11-12H,2-10H2,1H3,(H,14,16). The minimum Gasteiger partial charge on any atom is -0.338 e. The molecule has 0 radical (unpaired) electrons. The number of amides is 2. The summed E-state index contributed by atoms with van der Waals surface area (Å²) >= 11 is 0. The van der Waals surface area contributed by atoms with Crippen LogP contribution in [0, 0.1) is 11.8 Å². The van der Waals surface area contributed by atoms with Crippen molar-refractivity contribution in [3.8, 4) is 0 Å². The summed E-state index contributed by atoms with van der Waals surface area (Å²) in [5.41, 5.74) is 0. The molecule has 1 saturated carbocycles. The second kappa shape index (κ2) is 5.55. The normalized spacial score (nSPS) is 23.7. The van der Waals surface area contributed by atoms with E-state index in [0.717, 1.165) is 44.3 Å². The predicted molar refractivity (Wildman–Crippen MR) is 65.3 cm³/mol. The van der Waals surface area contributed by atoms with E-state index in [4.69, 9.17) is 0 Å². The van der Waals surface area contributed by atoms with Crippen molar-refractivity contribution in [2.75, 3.05) is 19.6 Å². The van der Waals surface area contributed by atoms with Crippen molar-refractivity contribution in [1.82, 2.24) is 10.2 Å². The molecule has 2 rings (SSSR count). The van der Waals surface area contributed by atoms with E-state index in [1.807, 2.05) is 4.90 Å². The number of hydrogen-bond acceptors (Lipinski definition) is 1. The minimum atomic E-state index is 0.166. The first-order valence-electron chi connectivity index (χ1n) is 6.78. The van der Waals surface area contributed by atoms with Crippen LogP contribution in [0.1, 0.15) is 45.4 Å². The van der Waals surface area contributed by atoms with E-state index < -0.39 is 0 Å². The third-order valence-corrected chi connectivity index (χ3v) is 4.09. The van der Waals surface area contributed by atoms with Crippen molar-refractivity contribution in [2.24, 2.45) is 11.8 Å². The van der Waals surface area contributed by atoms with Crippen LogP contribution in [0.3, 0.4) is 0 Å². The number of likely N-dealkylation sites (tertiary alicyclic amines) is 1. The number of nitrogens with one attached hydrogen (secondary N) is 1. The fourth-order valence-electron chi connectivity index (χ4n) is 2.77. The molecule has 0 aromatic rings. The summed E-state index contributed by atoms with van der Waals surface area (Å²) in [6.07, 6.45) is 7.63. The molecule has 0 spiro atoms. The second-order valence-corrected chi connectivity index (χ2v) is 5.51. The van der Waals surface area contributed by atoms with Crippen LogP contribution in [0.4, 0.5) is 4.79 Å². The van der Waals surface area contributed by atoms with E-state index in [9.17, 15) is 4.79 Å². The fourth-order valence-corrected chi connectivity index (χ4v) is 2.77. The lowest BCUT2D eigenvalue weighted by molar-refractivity contribution is 0.172. The van der Waals surface area contributed by atoms with Gasteiger partial charge in [-0.2, -0.15) is 0 Å². The monoisotopic (exact) mass is 224 g/mol. The lowest BCUT2D eigenvalue weighted by Gasteiger charge is -2.30. The van der Waals surface area contributed by atoms with Gasteiger partial charge >= 0.3 is 6.03 Å². The van der Waals surface area contributed by atoms with E-state index in [0.29, 0.717) is 0 Å². The van der Waals surface area contributed by atoms with Gasteiger partial charge in [0, 0.05) is 19.6 Å². The molecule has 0 aromatic heterocycles. The maximum Gasteiger partial charge on any atom is 0.317 e. The maximum atomic E-state index is 11.9. The van der Waals surface area contributed by atoms with Gasteiger partial charge in [-0.05, 0) is 37.5 Å². The van der Waals surface area contributed by atoms with Gasteiger partial charge in [-0.3, -0.25) is 0 Å². The van der Waals surface area contributed by atoms with Gasteiger partial charge in [0.25, 0.3) is 0 Å². The minimum absolute atomic E-state index is 0.166. The van der Waals surface area contributed by atoms with Crippen LogP contribution in [0.25, 0.3) is 0 Å². The fraction of sp³-hybridized carbons (Fsp3) is 0.923. The molecule has 1 aliphatic carbocycles. The molecule has 0 aromatic carbocycles. The first kappa shape index (κ1) is 11.7. The highest BCUT2D eigenvalue weighted by Crippen LogP contribution is 2.23. The number of piperidine rings is 1. The zero-order chi connectivity index (χ0) is 11.4. The highest BCUT2D eigenvalue weighted by Gasteiger charge is 2.21. The Hall–Kier alpha value is -0.730. The summed E-state index contributed by atoms with van der Waals surface area (Å²) in [6, 6.07) is 0.166. The summed E-state index contributed by atoms with van der Waals surface area (Å²) < 4.78 is 0. The molecule has 2 fully saturated rings. The average molecular weight is 224 g/mol. The smallest absolute Gasteiger partial charge is 0.317 e. The van der Waals surface area contributed by atoms with Crippen molar-refractivity contribution in [1.29, 1.82) is 0 Å². The molecule has 1 heterocycles. The van der Waals surface area contributed by atoms with Crippen LogP contribution in [-0.2, 0) is 0 Å². The van der Waals surface area contributed by atoms with Crippen LogP contribution in [0.2, 0.25) is 0 Å². The molecule has 92 valence electrons. The molecular weight excluding hydrogens is 200 g/mol. The predicted octanol–water partition coefficient (Wildman–Crippen LogP) is 2.62. The zero-order valence-corrected chi connectivity index (χ0v) is 10.4. The molecule has 16 heavy (non-hydrogen) atoms. The van der Waals surface area contributed by atoms with Crippen molar-refractivity contribution in [3.63, 3.8) is 0 Å². The lowest BCUT2D eigenvalue weighted by atomic mass is 10.00. The summed E-state index contributed by atoms with van der Waals surface area (Å²) in [6.45, 7) is 5.05. The number of urea groups is 1. The van der Waals surface area contributed by atoms with Crippen LogP contribution < -0.4 is 5.32 Å². The van der Waals surface area contributed by atoms with Crippen molar-refractivity contribution < 1.29 is 4.79 Å². The van der Waals surface area contributed by atoms with E-state index >= 15 is 0 Å². The molecule has 1 saturated heterocycles. The van der Waals surface area contributed by atoms with Crippen LogP contribution >= 0.6 is 0 Å². The van der Waals surface area contributed by atoms with Gasteiger partial charge in [0.1, 0.15) is 0 Å². The van der Waals surface area contributed by atoms with E-state index in [1.54, 1.807) is 0 Å². The van der Waals surface area contributed by atoms with Gasteiger partial charge in [-0.15, -0.1) is 0 Å². The third kappa shape index (κ3) is 3.13. The molecule has 3 nitrogen and oxygen atoms in total. The van der Waals surface area contributed by atoms with E-state index in [-0.39, 0.29) is 6.03 Å². The Kier molecular flexibility index (Phi) is 4.08. The van der Waals surface area contributed by atoms with Gasteiger partial charge in [0.05, 0.1) is 0 Å². The maximum absolute atomic E-state index is 11.9. The summed E-state index contributed by atoms with van der Waals surface area (Å²) in [4.78, 5) is 13.9. The Morgan fingerprint density at radius 1 is 1.19 bits per heavy atom. The number of nitrogens with zero attached hydrogens (tertiary/aromatic N) is 1. The SMILES string of the molecule is CC1CCN(C(=O)NCC2CCCC2)CC1. The van der Waals surface area contributed by atoms with Crippen molar-refractivity contribution in [3.05, 3.63) is 0 Å². The Morgan fingerprint density at radius 2 is 1.81 bits per heavy atom. The number of carbonyl (C=O) groups excluding carboxylic acids is 1. The number of rotatable bonds is 2. The molecule has 0 unspecified atom stereocenters. The van der Waals surface area contributed by atoms with Gasteiger partial charge in [0.15, 0.2) is 0 Å². The molecular formula is C13H24N2O. The Balaban J connectivity index is 1.67. The van der Waals surface area contributed by atoms with Crippen molar-refractivity contribution >= 4 is 6.03 Å². The van der Waals surface area contributed by atoms with Gasteiger partial charge in [-0.25, -0.2) is 4.79 Å². The van der Waals surface area contributed by atoms with E-state index in [1.165, 1.54) is 25.7 Å². The summed E-state index contributed by atoms with van der Waals surface area (Å²) in [5.74, 6) is 1.53.